The number of benzene rings is 1. The Balaban J connectivity index is 2.06. The predicted molar refractivity (Wildman–Crippen MR) is 76.5 cm³/mol. The SMILES string of the molecule is Cc1ccc(N)c(C)c1OCCn1ccccc1=O. The van der Waals surface area contributed by atoms with Crippen LogP contribution >= 0.6 is 0 Å². The van der Waals surface area contributed by atoms with E-state index in [-0.39, 0.29) is 5.56 Å². The van der Waals surface area contributed by atoms with Gasteiger partial charge in [-0.2, -0.15) is 0 Å². The summed E-state index contributed by atoms with van der Waals surface area (Å²) in [6, 6.07) is 8.91. The lowest BCUT2D eigenvalue weighted by Gasteiger charge is -2.14. The normalized spacial score (nSPS) is 10.4. The summed E-state index contributed by atoms with van der Waals surface area (Å²) < 4.78 is 7.39. The zero-order chi connectivity index (χ0) is 13.8. The van der Waals surface area contributed by atoms with Gasteiger partial charge in [0.25, 0.3) is 5.56 Å². The number of hydrogen-bond acceptors (Lipinski definition) is 3. The number of hydrogen-bond donors (Lipinski definition) is 1. The molecule has 0 amide bonds. The molecule has 2 rings (SSSR count). The average Bonchev–Trinajstić information content (AvgIpc) is 2.40. The summed E-state index contributed by atoms with van der Waals surface area (Å²) >= 11 is 0. The summed E-state index contributed by atoms with van der Waals surface area (Å²) in [5.74, 6) is 0.809. The summed E-state index contributed by atoms with van der Waals surface area (Å²) in [6.45, 7) is 4.88. The Morgan fingerprint density at radius 2 is 2.00 bits per heavy atom. The highest BCUT2D eigenvalue weighted by Crippen LogP contribution is 2.27. The number of anilines is 1. The summed E-state index contributed by atoms with van der Waals surface area (Å²) in [4.78, 5) is 11.5. The van der Waals surface area contributed by atoms with Gasteiger partial charge in [-0.05, 0) is 31.5 Å². The lowest BCUT2D eigenvalue weighted by molar-refractivity contribution is 0.293. The lowest BCUT2D eigenvalue weighted by atomic mass is 10.1. The van der Waals surface area contributed by atoms with Crippen LogP contribution in [0, 0.1) is 13.8 Å². The number of pyridine rings is 1. The van der Waals surface area contributed by atoms with Crippen molar-refractivity contribution < 1.29 is 4.74 Å². The largest absolute Gasteiger partial charge is 0.491 e. The van der Waals surface area contributed by atoms with E-state index < -0.39 is 0 Å². The summed E-state index contributed by atoms with van der Waals surface area (Å²) in [7, 11) is 0. The van der Waals surface area contributed by atoms with Gasteiger partial charge in [0.1, 0.15) is 12.4 Å². The van der Waals surface area contributed by atoms with Gasteiger partial charge in [-0.1, -0.05) is 12.1 Å². The molecule has 1 aromatic carbocycles. The topological polar surface area (TPSA) is 57.2 Å². The van der Waals surface area contributed by atoms with Gasteiger partial charge in [-0.3, -0.25) is 4.79 Å². The molecular formula is C15H18N2O2. The van der Waals surface area contributed by atoms with Crippen molar-refractivity contribution in [1.29, 1.82) is 0 Å². The van der Waals surface area contributed by atoms with E-state index in [9.17, 15) is 4.79 Å². The number of nitrogens with zero attached hydrogens (tertiary/aromatic N) is 1. The third kappa shape index (κ3) is 2.96. The van der Waals surface area contributed by atoms with Crippen LogP contribution in [-0.4, -0.2) is 11.2 Å². The number of nitrogen functional groups attached to an aromatic ring is 1. The van der Waals surface area contributed by atoms with Crippen LogP contribution < -0.4 is 16.0 Å². The van der Waals surface area contributed by atoms with Gasteiger partial charge < -0.3 is 15.0 Å². The molecule has 100 valence electrons. The Morgan fingerprint density at radius 1 is 1.21 bits per heavy atom. The molecule has 0 aliphatic rings. The molecule has 2 aromatic rings. The second-order valence-electron chi connectivity index (χ2n) is 4.51. The highest BCUT2D eigenvalue weighted by atomic mass is 16.5. The maximum atomic E-state index is 11.5. The van der Waals surface area contributed by atoms with Crippen LogP contribution in [0.15, 0.2) is 41.3 Å². The van der Waals surface area contributed by atoms with Crippen molar-refractivity contribution in [2.75, 3.05) is 12.3 Å². The molecule has 0 bridgehead atoms. The molecule has 0 saturated carbocycles. The van der Waals surface area contributed by atoms with Gasteiger partial charge in [-0.25, -0.2) is 0 Å². The van der Waals surface area contributed by atoms with Crippen molar-refractivity contribution >= 4 is 5.69 Å². The van der Waals surface area contributed by atoms with Crippen molar-refractivity contribution in [2.45, 2.75) is 20.4 Å². The Bertz CT molecular complexity index is 632. The lowest BCUT2D eigenvalue weighted by Crippen LogP contribution is -2.21. The minimum atomic E-state index is -0.0212. The Labute approximate surface area is 112 Å². The molecule has 0 aliphatic carbocycles. The Hall–Kier alpha value is -2.23. The van der Waals surface area contributed by atoms with Crippen molar-refractivity contribution in [1.82, 2.24) is 4.57 Å². The predicted octanol–water partition coefficient (Wildman–Crippen LogP) is 2.13. The minimum absolute atomic E-state index is 0.0212. The Morgan fingerprint density at radius 3 is 2.74 bits per heavy atom. The van der Waals surface area contributed by atoms with Crippen LogP contribution in [0.1, 0.15) is 11.1 Å². The van der Waals surface area contributed by atoms with Crippen molar-refractivity contribution in [2.24, 2.45) is 0 Å². The quantitative estimate of drug-likeness (QED) is 0.855. The fraction of sp³-hybridized carbons (Fsp3) is 0.267. The van der Waals surface area contributed by atoms with Gasteiger partial charge in [-0.15, -0.1) is 0 Å². The van der Waals surface area contributed by atoms with Gasteiger partial charge >= 0.3 is 0 Å². The summed E-state index contributed by atoms with van der Waals surface area (Å²) in [5, 5.41) is 0. The fourth-order valence-electron chi connectivity index (χ4n) is 1.96. The van der Waals surface area contributed by atoms with E-state index >= 15 is 0 Å². The molecule has 2 N–H and O–H groups in total. The smallest absolute Gasteiger partial charge is 0.250 e. The average molecular weight is 258 g/mol. The van der Waals surface area contributed by atoms with Gasteiger partial charge in [0.2, 0.25) is 0 Å². The number of ether oxygens (including phenoxy) is 1. The van der Waals surface area contributed by atoms with Crippen LogP contribution in [0.4, 0.5) is 5.69 Å². The zero-order valence-corrected chi connectivity index (χ0v) is 11.2. The molecule has 0 spiro atoms. The molecule has 1 heterocycles. The van der Waals surface area contributed by atoms with E-state index in [2.05, 4.69) is 0 Å². The van der Waals surface area contributed by atoms with Crippen LogP contribution in [0.25, 0.3) is 0 Å². The van der Waals surface area contributed by atoms with Gasteiger partial charge in [0.05, 0.1) is 6.54 Å². The molecule has 4 nitrogen and oxygen atoms in total. The van der Waals surface area contributed by atoms with Crippen molar-refractivity contribution in [3.8, 4) is 5.75 Å². The number of aryl methyl sites for hydroxylation is 1. The summed E-state index contributed by atoms with van der Waals surface area (Å²) in [5.41, 5.74) is 8.55. The molecule has 0 fully saturated rings. The first-order valence-electron chi connectivity index (χ1n) is 6.23. The first-order valence-corrected chi connectivity index (χ1v) is 6.23. The zero-order valence-electron chi connectivity index (χ0n) is 11.2. The third-order valence-corrected chi connectivity index (χ3v) is 3.12. The molecule has 0 aliphatic heterocycles. The highest BCUT2D eigenvalue weighted by molar-refractivity contribution is 5.56. The molecule has 1 aromatic heterocycles. The number of rotatable bonds is 4. The van der Waals surface area contributed by atoms with Crippen molar-refractivity contribution in [3.05, 3.63) is 58.0 Å². The highest BCUT2D eigenvalue weighted by Gasteiger charge is 2.06. The number of nitrogens with two attached hydrogens (primary N) is 1. The monoisotopic (exact) mass is 258 g/mol. The van der Waals surface area contributed by atoms with Gasteiger partial charge in [0.15, 0.2) is 0 Å². The molecule has 0 atom stereocenters. The van der Waals surface area contributed by atoms with Crippen LogP contribution in [-0.2, 0) is 6.54 Å². The van der Waals surface area contributed by atoms with E-state index in [1.54, 1.807) is 16.8 Å². The molecule has 4 heteroatoms. The first-order chi connectivity index (χ1) is 9.09. The second-order valence-corrected chi connectivity index (χ2v) is 4.51. The van der Waals surface area contributed by atoms with E-state index in [4.69, 9.17) is 10.5 Å². The van der Waals surface area contributed by atoms with Crippen LogP contribution in [0.5, 0.6) is 5.75 Å². The van der Waals surface area contributed by atoms with E-state index in [1.807, 2.05) is 32.0 Å². The van der Waals surface area contributed by atoms with Crippen molar-refractivity contribution in [3.63, 3.8) is 0 Å². The standard InChI is InChI=1S/C15H18N2O2/c1-11-6-7-13(16)12(2)15(11)19-10-9-17-8-4-3-5-14(17)18/h3-8H,9-10,16H2,1-2H3. The van der Waals surface area contributed by atoms with E-state index in [1.165, 1.54) is 6.07 Å². The maximum absolute atomic E-state index is 11.5. The van der Waals surface area contributed by atoms with Gasteiger partial charge in [0, 0.05) is 23.5 Å². The molecule has 0 unspecified atom stereocenters. The number of aromatic nitrogens is 1. The third-order valence-electron chi connectivity index (χ3n) is 3.12. The molecule has 0 saturated heterocycles. The molecule has 19 heavy (non-hydrogen) atoms. The van der Waals surface area contributed by atoms with E-state index in [0.29, 0.717) is 13.2 Å². The molecular weight excluding hydrogens is 240 g/mol. The Kier molecular flexibility index (Phi) is 3.90. The molecule has 0 radical (unpaired) electrons. The fourth-order valence-corrected chi connectivity index (χ4v) is 1.96. The maximum Gasteiger partial charge on any atom is 0.250 e. The first kappa shape index (κ1) is 13.2. The van der Waals surface area contributed by atoms with Crippen LogP contribution in [0.2, 0.25) is 0 Å². The van der Waals surface area contributed by atoms with E-state index in [0.717, 1.165) is 22.6 Å². The minimum Gasteiger partial charge on any atom is -0.491 e. The second kappa shape index (κ2) is 5.61. The van der Waals surface area contributed by atoms with Crippen LogP contribution in [0.3, 0.4) is 0 Å². The summed E-state index contributed by atoms with van der Waals surface area (Å²) in [6.07, 6.45) is 1.75.